The molecule has 0 aromatic heterocycles. The van der Waals surface area contributed by atoms with E-state index >= 15 is 0 Å². The molecular formula is C21H20F3NO2. The summed E-state index contributed by atoms with van der Waals surface area (Å²) in [6.07, 6.45) is -3.88. The Kier molecular flexibility index (Phi) is 6.27. The van der Waals surface area contributed by atoms with Gasteiger partial charge in [0.15, 0.2) is 0 Å². The fraction of sp³-hybridized carbons (Fsp3) is 0.333. The SMILES string of the molecule is COC(=O)[C@H](CC(C)C)c1cc(C#N)cc(-c2ccc(C(F)(F)F)cc2)c1. The number of carbonyl (C=O) groups excluding carboxylic acids is 1. The van der Waals surface area contributed by atoms with E-state index in [9.17, 15) is 23.2 Å². The van der Waals surface area contributed by atoms with Crippen molar-refractivity contribution in [3.05, 3.63) is 59.2 Å². The van der Waals surface area contributed by atoms with Crippen molar-refractivity contribution in [2.24, 2.45) is 5.92 Å². The van der Waals surface area contributed by atoms with E-state index in [4.69, 9.17) is 4.74 Å². The predicted molar refractivity (Wildman–Crippen MR) is 95.8 cm³/mol. The minimum Gasteiger partial charge on any atom is -0.469 e. The summed E-state index contributed by atoms with van der Waals surface area (Å²) in [7, 11) is 1.31. The van der Waals surface area contributed by atoms with Crippen molar-refractivity contribution in [1.82, 2.24) is 0 Å². The Morgan fingerprint density at radius 1 is 1.11 bits per heavy atom. The van der Waals surface area contributed by atoms with Crippen LogP contribution in [0.3, 0.4) is 0 Å². The van der Waals surface area contributed by atoms with Gasteiger partial charge in [-0.3, -0.25) is 4.79 Å². The van der Waals surface area contributed by atoms with E-state index in [1.54, 1.807) is 18.2 Å². The van der Waals surface area contributed by atoms with E-state index in [1.165, 1.54) is 19.2 Å². The van der Waals surface area contributed by atoms with Gasteiger partial charge < -0.3 is 4.74 Å². The molecule has 2 aromatic rings. The van der Waals surface area contributed by atoms with Crippen molar-refractivity contribution in [2.45, 2.75) is 32.4 Å². The molecule has 3 nitrogen and oxygen atoms in total. The largest absolute Gasteiger partial charge is 0.469 e. The van der Waals surface area contributed by atoms with Crippen LogP contribution in [0.1, 0.15) is 42.9 Å². The molecule has 0 saturated heterocycles. The second kappa shape index (κ2) is 8.26. The molecule has 2 aromatic carbocycles. The number of methoxy groups -OCH3 is 1. The molecule has 0 aliphatic rings. The lowest BCUT2D eigenvalue weighted by molar-refractivity contribution is -0.143. The average Bonchev–Trinajstić information content (AvgIpc) is 2.64. The molecule has 0 fully saturated rings. The highest BCUT2D eigenvalue weighted by Gasteiger charge is 2.30. The molecular weight excluding hydrogens is 355 g/mol. The van der Waals surface area contributed by atoms with Gasteiger partial charge in [0.2, 0.25) is 0 Å². The van der Waals surface area contributed by atoms with E-state index in [-0.39, 0.29) is 5.92 Å². The monoisotopic (exact) mass is 375 g/mol. The van der Waals surface area contributed by atoms with Crippen LogP contribution in [0.4, 0.5) is 13.2 Å². The van der Waals surface area contributed by atoms with Crippen LogP contribution in [0.2, 0.25) is 0 Å². The number of rotatable bonds is 5. The Bertz CT molecular complexity index is 849. The maximum absolute atomic E-state index is 12.8. The van der Waals surface area contributed by atoms with E-state index < -0.39 is 23.6 Å². The van der Waals surface area contributed by atoms with Gasteiger partial charge in [-0.15, -0.1) is 0 Å². The predicted octanol–water partition coefficient (Wildman–Crippen LogP) is 5.55. The number of hydrogen-bond acceptors (Lipinski definition) is 3. The number of nitrogens with zero attached hydrogens (tertiary/aromatic N) is 1. The summed E-state index contributed by atoms with van der Waals surface area (Å²) in [5.74, 6) is -0.733. The third-order valence-corrected chi connectivity index (χ3v) is 4.23. The Morgan fingerprint density at radius 3 is 2.22 bits per heavy atom. The lowest BCUT2D eigenvalue weighted by atomic mass is 9.87. The zero-order chi connectivity index (χ0) is 20.2. The first kappa shape index (κ1) is 20.5. The highest BCUT2D eigenvalue weighted by Crippen LogP contribution is 2.33. The quantitative estimate of drug-likeness (QED) is 0.644. The fourth-order valence-electron chi connectivity index (χ4n) is 2.92. The molecule has 0 saturated carbocycles. The van der Waals surface area contributed by atoms with Gasteiger partial charge in [0.1, 0.15) is 0 Å². The van der Waals surface area contributed by atoms with Crippen LogP contribution in [0.15, 0.2) is 42.5 Å². The summed E-state index contributed by atoms with van der Waals surface area (Å²) in [5, 5.41) is 9.33. The number of ether oxygens (including phenoxy) is 1. The summed E-state index contributed by atoms with van der Waals surface area (Å²) >= 11 is 0. The summed E-state index contributed by atoms with van der Waals surface area (Å²) in [6, 6.07) is 11.7. The Labute approximate surface area is 156 Å². The highest BCUT2D eigenvalue weighted by molar-refractivity contribution is 5.79. The fourth-order valence-corrected chi connectivity index (χ4v) is 2.92. The van der Waals surface area contributed by atoms with Crippen molar-refractivity contribution in [3.8, 4) is 17.2 Å². The van der Waals surface area contributed by atoms with Crippen molar-refractivity contribution < 1.29 is 22.7 Å². The third kappa shape index (κ3) is 5.10. The Hall–Kier alpha value is -2.81. The number of benzene rings is 2. The van der Waals surface area contributed by atoms with Crippen molar-refractivity contribution in [2.75, 3.05) is 7.11 Å². The van der Waals surface area contributed by atoms with Gasteiger partial charge in [-0.2, -0.15) is 18.4 Å². The lowest BCUT2D eigenvalue weighted by Gasteiger charge is -2.18. The van der Waals surface area contributed by atoms with E-state index in [0.717, 1.165) is 12.1 Å². The van der Waals surface area contributed by atoms with Gasteiger partial charge in [-0.25, -0.2) is 0 Å². The topological polar surface area (TPSA) is 50.1 Å². The summed E-state index contributed by atoms with van der Waals surface area (Å²) < 4.78 is 43.2. The molecule has 0 unspecified atom stereocenters. The van der Waals surface area contributed by atoms with Gasteiger partial charge in [0.05, 0.1) is 30.2 Å². The van der Waals surface area contributed by atoms with Crippen LogP contribution in [-0.4, -0.2) is 13.1 Å². The number of nitriles is 1. The number of hydrogen-bond donors (Lipinski definition) is 0. The van der Waals surface area contributed by atoms with Crippen molar-refractivity contribution in [3.63, 3.8) is 0 Å². The van der Waals surface area contributed by atoms with Gasteiger partial charge >= 0.3 is 12.1 Å². The van der Waals surface area contributed by atoms with Crippen LogP contribution < -0.4 is 0 Å². The first-order valence-corrected chi connectivity index (χ1v) is 8.46. The van der Waals surface area contributed by atoms with Crippen LogP contribution >= 0.6 is 0 Å². The Morgan fingerprint density at radius 2 is 1.74 bits per heavy atom. The standard InChI is InChI=1S/C21H20F3NO2/c1-13(2)8-19(20(26)27-3)17-10-14(12-25)9-16(11-17)15-4-6-18(7-5-15)21(22,23)24/h4-7,9-11,13,19H,8H2,1-3H3/t19-/m1/s1. The molecule has 0 N–H and O–H groups in total. The van der Waals surface area contributed by atoms with Crippen LogP contribution in [0, 0.1) is 17.2 Å². The number of carbonyl (C=O) groups is 1. The first-order chi connectivity index (χ1) is 12.7. The molecule has 0 aliphatic heterocycles. The van der Waals surface area contributed by atoms with Gasteiger partial charge in [0.25, 0.3) is 0 Å². The molecule has 0 aliphatic carbocycles. The molecule has 0 bridgehead atoms. The molecule has 0 heterocycles. The minimum absolute atomic E-state index is 0.217. The summed E-state index contributed by atoms with van der Waals surface area (Å²) in [4.78, 5) is 12.2. The molecule has 0 amide bonds. The lowest BCUT2D eigenvalue weighted by Crippen LogP contribution is -2.16. The highest BCUT2D eigenvalue weighted by atomic mass is 19.4. The molecule has 142 valence electrons. The molecule has 0 spiro atoms. The van der Waals surface area contributed by atoms with Crippen LogP contribution in [0.5, 0.6) is 0 Å². The smallest absolute Gasteiger partial charge is 0.416 e. The maximum Gasteiger partial charge on any atom is 0.416 e. The molecule has 27 heavy (non-hydrogen) atoms. The average molecular weight is 375 g/mol. The van der Waals surface area contributed by atoms with E-state index in [0.29, 0.717) is 28.7 Å². The zero-order valence-electron chi connectivity index (χ0n) is 15.3. The summed E-state index contributed by atoms with van der Waals surface area (Å²) in [5.41, 5.74) is 1.32. The number of alkyl halides is 3. The van der Waals surface area contributed by atoms with E-state index in [1.807, 2.05) is 19.9 Å². The normalized spacial score (nSPS) is 12.5. The van der Waals surface area contributed by atoms with Crippen LogP contribution in [0.25, 0.3) is 11.1 Å². The molecule has 2 rings (SSSR count). The zero-order valence-corrected chi connectivity index (χ0v) is 15.3. The Balaban J connectivity index is 2.51. The second-order valence-electron chi connectivity index (χ2n) is 6.74. The maximum atomic E-state index is 12.8. The molecule has 6 heteroatoms. The first-order valence-electron chi connectivity index (χ1n) is 8.46. The molecule has 1 atom stereocenters. The number of halogens is 3. The summed E-state index contributed by atoms with van der Waals surface area (Å²) in [6.45, 7) is 3.95. The minimum atomic E-state index is -4.41. The number of esters is 1. The molecule has 0 radical (unpaired) electrons. The van der Waals surface area contributed by atoms with Gasteiger partial charge in [-0.05, 0) is 53.3 Å². The second-order valence-corrected chi connectivity index (χ2v) is 6.74. The van der Waals surface area contributed by atoms with Gasteiger partial charge in [0, 0.05) is 0 Å². The van der Waals surface area contributed by atoms with E-state index in [2.05, 4.69) is 0 Å². The van der Waals surface area contributed by atoms with Crippen LogP contribution in [-0.2, 0) is 15.7 Å². The third-order valence-electron chi connectivity index (χ3n) is 4.23. The van der Waals surface area contributed by atoms with Gasteiger partial charge in [-0.1, -0.05) is 32.0 Å². The van der Waals surface area contributed by atoms with Crippen molar-refractivity contribution in [1.29, 1.82) is 5.26 Å². The van der Waals surface area contributed by atoms with Crippen molar-refractivity contribution >= 4 is 5.97 Å².